The summed E-state index contributed by atoms with van der Waals surface area (Å²) >= 11 is 6.56. The fourth-order valence-corrected chi connectivity index (χ4v) is 3.82. The van der Waals surface area contributed by atoms with Crippen LogP contribution in [0.15, 0.2) is 60.8 Å². The Labute approximate surface area is 135 Å². The molecule has 0 aliphatic heterocycles. The van der Waals surface area contributed by atoms with Gasteiger partial charge in [0.05, 0.1) is 0 Å². The molecule has 5 heteroatoms. The van der Waals surface area contributed by atoms with Crippen LogP contribution in [0.25, 0.3) is 0 Å². The number of hydrogen-bond donors (Lipinski definition) is 0. The van der Waals surface area contributed by atoms with E-state index in [0.717, 1.165) is 21.6 Å². The van der Waals surface area contributed by atoms with Gasteiger partial charge >= 0.3 is 135 Å². The summed E-state index contributed by atoms with van der Waals surface area (Å²) in [5.74, 6) is 0. The van der Waals surface area contributed by atoms with E-state index >= 15 is 0 Å². The molecule has 0 N–H and O–H groups in total. The van der Waals surface area contributed by atoms with Crippen LogP contribution in [0, 0.1) is 0 Å². The van der Waals surface area contributed by atoms with Crippen molar-refractivity contribution in [3.8, 4) is 0 Å². The topological polar surface area (TPSA) is 30.7 Å². The predicted octanol–water partition coefficient (Wildman–Crippen LogP) is 2.51. The van der Waals surface area contributed by atoms with Crippen molar-refractivity contribution >= 4 is 31.0 Å². The van der Waals surface area contributed by atoms with Crippen molar-refractivity contribution in [1.82, 2.24) is 15.0 Å². The molecule has 0 fully saturated rings. The van der Waals surface area contributed by atoms with E-state index < -0.39 is 0 Å². The van der Waals surface area contributed by atoms with Gasteiger partial charge in [-0.05, 0) is 0 Å². The van der Waals surface area contributed by atoms with Crippen LogP contribution < -0.4 is 4.46 Å². The zero-order chi connectivity index (χ0) is 14.5. The van der Waals surface area contributed by atoms with Crippen LogP contribution in [0.5, 0.6) is 0 Å². The number of benzene rings is 2. The summed E-state index contributed by atoms with van der Waals surface area (Å²) in [6.45, 7) is 0.658. The molecule has 3 rings (SSSR count). The van der Waals surface area contributed by atoms with Crippen LogP contribution >= 0.6 is 11.6 Å². The zero-order valence-electron chi connectivity index (χ0n) is 11.3. The molecule has 0 aliphatic carbocycles. The normalized spacial score (nSPS) is 10.7. The third-order valence-electron chi connectivity index (χ3n) is 3.01. The van der Waals surface area contributed by atoms with Gasteiger partial charge in [0.25, 0.3) is 0 Å². The average Bonchev–Trinajstić information content (AvgIpc) is 2.96. The molecule has 1 aromatic heterocycles. The van der Waals surface area contributed by atoms with Gasteiger partial charge in [-0.2, -0.15) is 0 Å². The van der Waals surface area contributed by atoms with Crippen LogP contribution in [-0.2, 0) is 11.9 Å². The molecular weight excluding hydrogens is 349 g/mol. The van der Waals surface area contributed by atoms with Crippen molar-refractivity contribution in [1.29, 1.82) is 0 Å². The fraction of sp³-hybridized carbons (Fsp3) is 0.125. The van der Waals surface area contributed by atoms with Gasteiger partial charge in [-0.1, -0.05) is 0 Å². The molecule has 2 aromatic carbocycles. The van der Waals surface area contributed by atoms with E-state index in [1.165, 1.54) is 4.46 Å². The second-order valence-corrected chi connectivity index (χ2v) is 7.21. The molecule has 0 spiro atoms. The maximum atomic E-state index is 6.16. The maximum absolute atomic E-state index is 6.16. The molecule has 0 aliphatic rings. The van der Waals surface area contributed by atoms with Gasteiger partial charge < -0.3 is 0 Å². The molecule has 21 heavy (non-hydrogen) atoms. The predicted molar refractivity (Wildman–Crippen MR) is 86.1 cm³/mol. The summed E-state index contributed by atoms with van der Waals surface area (Å²) in [4.78, 5) is 0. The molecule has 0 saturated carbocycles. The summed E-state index contributed by atoms with van der Waals surface area (Å²) in [5.41, 5.74) is 2.09. The van der Waals surface area contributed by atoms with E-state index in [0.29, 0.717) is 21.5 Å². The summed E-state index contributed by atoms with van der Waals surface area (Å²) in [7, 11) is 0. The van der Waals surface area contributed by atoms with Gasteiger partial charge in [-0.25, -0.2) is 0 Å². The third kappa shape index (κ3) is 3.94. The summed E-state index contributed by atoms with van der Waals surface area (Å²) in [6, 6.07) is 18.3. The molecule has 0 atom stereocenters. The Kier molecular flexibility index (Phi) is 4.71. The van der Waals surface area contributed by atoms with Crippen LogP contribution in [-0.4, -0.2) is 30.0 Å². The average molecular weight is 363 g/mol. The second-order valence-electron chi connectivity index (χ2n) is 4.60. The van der Waals surface area contributed by atoms with Crippen LogP contribution in [0.2, 0.25) is 5.02 Å². The van der Waals surface area contributed by atoms with Gasteiger partial charge in [0.1, 0.15) is 0 Å². The Balaban J connectivity index is 1.63. The van der Waals surface area contributed by atoms with E-state index in [9.17, 15) is 0 Å². The van der Waals surface area contributed by atoms with Crippen LogP contribution in [0.1, 0.15) is 11.3 Å². The van der Waals surface area contributed by atoms with Gasteiger partial charge in [0.2, 0.25) is 0 Å². The number of aromatic nitrogens is 3. The van der Waals surface area contributed by atoms with Gasteiger partial charge in [0.15, 0.2) is 0 Å². The van der Waals surface area contributed by atoms with Crippen LogP contribution in [0.4, 0.5) is 0 Å². The first-order valence-electron chi connectivity index (χ1n) is 6.61. The second kappa shape index (κ2) is 6.90. The third-order valence-corrected chi connectivity index (χ3v) is 5.57. The molecule has 3 nitrogen and oxygen atoms in total. The van der Waals surface area contributed by atoms with Crippen LogP contribution in [0.3, 0.4) is 0 Å². The van der Waals surface area contributed by atoms with Crippen molar-refractivity contribution in [2.75, 3.05) is 0 Å². The molecule has 0 bridgehead atoms. The van der Waals surface area contributed by atoms with E-state index in [-0.39, 0.29) is 0 Å². The first-order chi connectivity index (χ1) is 10.3. The molecule has 106 valence electrons. The SMILES string of the molecule is Clc1ccccc1Cn1cc(C[Se]c2ccccc2)nn1. The van der Waals surface area contributed by atoms with Crippen molar-refractivity contribution in [2.45, 2.75) is 11.9 Å². The summed E-state index contributed by atoms with van der Waals surface area (Å²) < 4.78 is 3.23. The first kappa shape index (κ1) is 14.3. The Hall–Kier alpha value is -1.61. The van der Waals surface area contributed by atoms with E-state index in [1.807, 2.05) is 41.2 Å². The molecular formula is C16H14ClN3Se. The van der Waals surface area contributed by atoms with E-state index in [2.05, 4.69) is 34.6 Å². The Morgan fingerprint density at radius 3 is 2.57 bits per heavy atom. The quantitative estimate of drug-likeness (QED) is 0.653. The van der Waals surface area contributed by atoms with E-state index in [4.69, 9.17) is 11.6 Å². The van der Waals surface area contributed by atoms with Crippen molar-refractivity contribution in [2.24, 2.45) is 0 Å². The first-order valence-corrected chi connectivity index (χ1v) is 9.06. The zero-order valence-corrected chi connectivity index (χ0v) is 13.8. The minimum absolute atomic E-state index is 0.395. The van der Waals surface area contributed by atoms with Crippen molar-refractivity contribution < 1.29 is 0 Å². The van der Waals surface area contributed by atoms with Gasteiger partial charge in [-0.3, -0.25) is 0 Å². The number of hydrogen-bond acceptors (Lipinski definition) is 2. The van der Waals surface area contributed by atoms with E-state index in [1.54, 1.807) is 0 Å². The summed E-state index contributed by atoms with van der Waals surface area (Å²) in [6.07, 6.45) is 2.01. The standard InChI is InChI=1S/C16H14ClN3Se/c17-16-9-5-4-6-13(16)10-20-11-14(18-19-20)12-21-15-7-2-1-3-8-15/h1-9,11H,10,12H2. The molecule has 0 amide bonds. The molecule has 1 heterocycles. The molecule has 0 unspecified atom stereocenters. The minimum atomic E-state index is 0.395. The molecule has 0 saturated heterocycles. The number of nitrogens with zero attached hydrogens (tertiary/aromatic N) is 3. The summed E-state index contributed by atoms with van der Waals surface area (Å²) in [5, 5.41) is 10.2. The number of rotatable bonds is 5. The molecule has 3 aromatic rings. The fourth-order valence-electron chi connectivity index (χ4n) is 1.96. The van der Waals surface area contributed by atoms with Gasteiger partial charge in [-0.15, -0.1) is 0 Å². The Morgan fingerprint density at radius 1 is 1.00 bits per heavy atom. The monoisotopic (exact) mass is 363 g/mol. The van der Waals surface area contributed by atoms with Crippen molar-refractivity contribution in [3.63, 3.8) is 0 Å². The van der Waals surface area contributed by atoms with Gasteiger partial charge in [0, 0.05) is 0 Å². The Morgan fingerprint density at radius 2 is 1.76 bits per heavy atom. The van der Waals surface area contributed by atoms with Crippen molar-refractivity contribution in [3.05, 3.63) is 77.1 Å². The molecule has 0 radical (unpaired) electrons. The number of halogens is 1. The Bertz CT molecular complexity index is 712.